The van der Waals surface area contributed by atoms with E-state index in [0.29, 0.717) is 44.0 Å². The zero-order valence-electron chi connectivity index (χ0n) is 19.1. The van der Waals surface area contributed by atoms with Gasteiger partial charge in [0.25, 0.3) is 0 Å². The fourth-order valence-corrected chi connectivity index (χ4v) is 5.62. The molecule has 0 N–H and O–H groups in total. The monoisotopic (exact) mass is 580 g/mol. The number of hydrogen-bond acceptors (Lipinski definition) is 8. The molecule has 0 aliphatic carbocycles. The van der Waals surface area contributed by atoms with Crippen LogP contribution >= 0.6 is 27.5 Å². The molecular weight excluding hydrogens is 560 g/mol. The summed E-state index contributed by atoms with van der Waals surface area (Å²) in [5, 5.41) is 8.17. The molecule has 0 saturated carbocycles. The van der Waals surface area contributed by atoms with Gasteiger partial charge in [-0.3, -0.25) is 9.55 Å². The van der Waals surface area contributed by atoms with Gasteiger partial charge >= 0.3 is 0 Å². The van der Waals surface area contributed by atoms with Crippen LogP contribution in [0.3, 0.4) is 0 Å². The molecule has 0 fully saturated rings. The van der Waals surface area contributed by atoms with Crippen molar-refractivity contribution in [2.24, 2.45) is 0 Å². The summed E-state index contributed by atoms with van der Waals surface area (Å²) in [5.41, 5.74) is 1.06. The van der Waals surface area contributed by atoms with E-state index >= 15 is 0 Å². The minimum absolute atomic E-state index is 0.189. The predicted molar refractivity (Wildman–Crippen MR) is 135 cm³/mol. The third-order valence-electron chi connectivity index (χ3n) is 5.41. The van der Waals surface area contributed by atoms with Crippen molar-refractivity contribution in [3.8, 4) is 28.8 Å². The van der Waals surface area contributed by atoms with Gasteiger partial charge in [-0.25, -0.2) is 8.42 Å². The van der Waals surface area contributed by atoms with Gasteiger partial charge in [-0.15, -0.1) is 10.2 Å². The van der Waals surface area contributed by atoms with Crippen LogP contribution in [0.25, 0.3) is 17.3 Å². The lowest BCUT2D eigenvalue weighted by atomic mass is 10.2. The van der Waals surface area contributed by atoms with Crippen molar-refractivity contribution < 1.29 is 22.3 Å². The molecule has 1 atom stereocenters. The molecule has 4 rings (SSSR count). The Morgan fingerprint density at radius 1 is 1.14 bits per heavy atom. The van der Waals surface area contributed by atoms with Crippen molar-refractivity contribution in [1.82, 2.24) is 19.7 Å². The molecule has 3 aromatic heterocycles. The SMILES string of the molecule is COc1cccc(OC)c1-n1c(CS(=O)(=O)[C@@H](C)Cc2ncc(Cl)cc2Br)nnc1-c1ccco1. The van der Waals surface area contributed by atoms with Crippen LogP contribution in [0, 0.1) is 0 Å². The van der Waals surface area contributed by atoms with Crippen LogP contribution in [0.15, 0.2) is 57.7 Å². The Morgan fingerprint density at radius 2 is 1.86 bits per heavy atom. The average Bonchev–Trinajstić information content (AvgIpc) is 3.50. The van der Waals surface area contributed by atoms with Crippen LogP contribution in [0.1, 0.15) is 18.4 Å². The minimum Gasteiger partial charge on any atom is -0.494 e. The molecule has 35 heavy (non-hydrogen) atoms. The van der Waals surface area contributed by atoms with E-state index in [1.165, 1.54) is 26.7 Å². The first kappa shape index (κ1) is 25.2. The van der Waals surface area contributed by atoms with Gasteiger partial charge in [-0.1, -0.05) is 17.7 Å². The lowest BCUT2D eigenvalue weighted by Gasteiger charge is -2.18. The van der Waals surface area contributed by atoms with Gasteiger partial charge in [-0.2, -0.15) is 0 Å². The second-order valence-electron chi connectivity index (χ2n) is 7.67. The first-order valence-corrected chi connectivity index (χ1v) is 13.3. The molecule has 0 unspecified atom stereocenters. The maximum absolute atomic E-state index is 13.4. The van der Waals surface area contributed by atoms with Crippen LogP contribution in [0.5, 0.6) is 11.5 Å². The highest BCUT2D eigenvalue weighted by molar-refractivity contribution is 9.10. The normalized spacial score (nSPS) is 12.5. The quantitative estimate of drug-likeness (QED) is 0.275. The van der Waals surface area contributed by atoms with Crippen molar-refractivity contribution in [3.63, 3.8) is 0 Å². The molecular formula is C23H22BrClN4O5S. The number of halogens is 2. The summed E-state index contributed by atoms with van der Waals surface area (Å²) < 4.78 is 45.8. The summed E-state index contributed by atoms with van der Waals surface area (Å²) in [5.74, 6) is 1.45. The number of para-hydroxylation sites is 1. The Balaban J connectivity index is 1.77. The van der Waals surface area contributed by atoms with Gasteiger partial charge in [0.1, 0.15) is 22.9 Å². The van der Waals surface area contributed by atoms with E-state index in [4.69, 9.17) is 25.5 Å². The second-order valence-corrected chi connectivity index (χ2v) is 11.4. The summed E-state index contributed by atoms with van der Waals surface area (Å²) in [4.78, 5) is 4.26. The lowest BCUT2D eigenvalue weighted by Crippen LogP contribution is -2.24. The third-order valence-corrected chi connectivity index (χ3v) is 8.35. The van der Waals surface area contributed by atoms with E-state index in [1.54, 1.807) is 47.9 Å². The van der Waals surface area contributed by atoms with E-state index in [0.717, 1.165) is 0 Å². The number of hydrogen-bond donors (Lipinski definition) is 0. The molecule has 9 nitrogen and oxygen atoms in total. The second kappa shape index (κ2) is 10.4. The number of ether oxygens (including phenoxy) is 2. The Bertz CT molecular complexity index is 1420. The summed E-state index contributed by atoms with van der Waals surface area (Å²) in [6.07, 6.45) is 3.18. The molecule has 184 valence electrons. The third kappa shape index (κ3) is 5.21. The molecule has 0 saturated heterocycles. The number of nitrogens with zero attached hydrogens (tertiary/aromatic N) is 4. The smallest absolute Gasteiger partial charge is 0.204 e. The topological polar surface area (TPSA) is 109 Å². The van der Waals surface area contributed by atoms with Gasteiger partial charge in [0, 0.05) is 17.1 Å². The highest BCUT2D eigenvalue weighted by atomic mass is 79.9. The molecule has 0 amide bonds. The van der Waals surface area contributed by atoms with Crippen molar-refractivity contribution in [1.29, 1.82) is 0 Å². The maximum Gasteiger partial charge on any atom is 0.204 e. The molecule has 1 aromatic carbocycles. The highest BCUT2D eigenvalue weighted by Gasteiger charge is 2.30. The number of sulfone groups is 1. The average molecular weight is 582 g/mol. The Morgan fingerprint density at radius 3 is 2.46 bits per heavy atom. The zero-order chi connectivity index (χ0) is 25.2. The van der Waals surface area contributed by atoms with Crippen molar-refractivity contribution in [3.05, 3.63) is 69.9 Å². The maximum atomic E-state index is 13.4. The van der Waals surface area contributed by atoms with E-state index in [-0.39, 0.29) is 18.0 Å². The van der Waals surface area contributed by atoms with Crippen LogP contribution < -0.4 is 9.47 Å². The zero-order valence-corrected chi connectivity index (χ0v) is 22.3. The Labute approximate surface area is 216 Å². The largest absolute Gasteiger partial charge is 0.494 e. The van der Waals surface area contributed by atoms with Crippen molar-refractivity contribution in [2.45, 2.75) is 24.3 Å². The number of aromatic nitrogens is 4. The molecule has 0 radical (unpaired) electrons. The molecule has 0 bridgehead atoms. The number of furan rings is 1. The summed E-state index contributed by atoms with van der Waals surface area (Å²) in [6, 6.07) is 10.4. The van der Waals surface area contributed by atoms with Crippen LogP contribution in [0.2, 0.25) is 5.02 Å². The molecule has 0 aliphatic heterocycles. The van der Waals surface area contributed by atoms with Crippen molar-refractivity contribution >= 4 is 37.4 Å². The number of benzene rings is 1. The summed E-state index contributed by atoms with van der Waals surface area (Å²) in [6.45, 7) is 1.63. The first-order valence-electron chi connectivity index (χ1n) is 10.5. The number of pyridine rings is 1. The van der Waals surface area contributed by atoms with Crippen LogP contribution in [-0.4, -0.2) is 47.6 Å². The number of methoxy groups -OCH3 is 2. The highest BCUT2D eigenvalue weighted by Crippen LogP contribution is 2.37. The van der Waals surface area contributed by atoms with Gasteiger partial charge in [-0.05, 0) is 53.2 Å². The van der Waals surface area contributed by atoms with Gasteiger partial charge in [0.2, 0.25) is 5.82 Å². The van der Waals surface area contributed by atoms with E-state index in [9.17, 15) is 8.42 Å². The Kier molecular flexibility index (Phi) is 7.48. The first-order chi connectivity index (χ1) is 16.7. The fourth-order valence-electron chi connectivity index (χ4n) is 3.58. The molecule has 12 heteroatoms. The molecule has 3 heterocycles. The minimum atomic E-state index is -3.69. The fraction of sp³-hybridized carbons (Fsp3) is 0.261. The Hall–Kier alpha value is -2.89. The van der Waals surface area contributed by atoms with Crippen LogP contribution in [0.4, 0.5) is 0 Å². The number of rotatable bonds is 9. The molecule has 0 spiro atoms. The van der Waals surface area contributed by atoms with Gasteiger partial charge < -0.3 is 13.9 Å². The summed E-state index contributed by atoms with van der Waals surface area (Å²) >= 11 is 9.37. The van der Waals surface area contributed by atoms with Crippen molar-refractivity contribution in [2.75, 3.05) is 14.2 Å². The van der Waals surface area contributed by atoms with Gasteiger partial charge in [0.05, 0.1) is 36.4 Å². The molecule has 0 aliphatic rings. The van der Waals surface area contributed by atoms with Gasteiger partial charge in [0.15, 0.2) is 21.4 Å². The standard InChI is InChI=1S/C23H22BrClN4O5S/c1-14(10-17-16(24)11-15(25)12-26-17)35(30,31)13-21-27-28-23(20-8-5-9-34-20)29(21)22-18(32-2)6-4-7-19(22)33-3/h4-9,11-12,14H,10,13H2,1-3H3/t14-/m0/s1. The molecule has 4 aromatic rings. The predicted octanol–water partition coefficient (Wildman–Crippen LogP) is 4.90. The van der Waals surface area contributed by atoms with E-state index in [2.05, 4.69) is 31.1 Å². The lowest BCUT2D eigenvalue weighted by molar-refractivity contribution is 0.390. The summed E-state index contributed by atoms with van der Waals surface area (Å²) in [7, 11) is -0.656. The van der Waals surface area contributed by atoms with E-state index < -0.39 is 15.1 Å². The van der Waals surface area contributed by atoms with E-state index in [1.807, 2.05) is 0 Å². The van der Waals surface area contributed by atoms with Crippen LogP contribution in [-0.2, 0) is 22.0 Å².